The van der Waals surface area contributed by atoms with Crippen LogP contribution in [0.4, 0.5) is 5.69 Å². The van der Waals surface area contributed by atoms with Crippen molar-refractivity contribution in [3.05, 3.63) is 58.1 Å². The van der Waals surface area contributed by atoms with Gasteiger partial charge in [0.2, 0.25) is 21.8 Å². The van der Waals surface area contributed by atoms with Gasteiger partial charge in [-0.25, -0.2) is 8.42 Å². The maximum absolute atomic E-state index is 13.8. The highest BCUT2D eigenvalue weighted by Crippen LogP contribution is 2.31. The molecular weight excluding hydrogens is 537 g/mol. The van der Waals surface area contributed by atoms with Gasteiger partial charge in [0.05, 0.1) is 18.6 Å². The molecule has 11 heteroatoms. The zero-order valence-electron chi connectivity index (χ0n) is 21.7. The predicted molar refractivity (Wildman–Crippen MR) is 149 cm³/mol. The van der Waals surface area contributed by atoms with Crippen molar-refractivity contribution in [1.82, 2.24) is 10.2 Å². The highest BCUT2D eigenvalue weighted by atomic mass is 35.5. The number of hydrogen-bond donors (Lipinski definition) is 1. The number of hydrogen-bond acceptors (Lipinski definition) is 5. The van der Waals surface area contributed by atoms with Crippen molar-refractivity contribution < 1.29 is 22.7 Å². The van der Waals surface area contributed by atoms with E-state index in [-0.39, 0.29) is 18.1 Å². The van der Waals surface area contributed by atoms with Gasteiger partial charge in [-0.05, 0) is 44.0 Å². The Kier molecular flexibility index (Phi) is 12.0. The number of unbranched alkanes of at least 4 members (excludes halogenated alkanes) is 1. The van der Waals surface area contributed by atoms with Gasteiger partial charge in [0.15, 0.2) is 0 Å². The molecule has 0 fully saturated rings. The topological polar surface area (TPSA) is 96.0 Å². The van der Waals surface area contributed by atoms with Gasteiger partial charge < -0.3 is 15.0 Å². The number of nitrogens with one attached hydrogen (secondary N) is 1. The Hall–Kier alpha value is -2.49. The van der Waals surface area contributed by atoms with E-state index < -0.39 is 28.5 Å². The van der Waals surface area contributed by atoms with Gasteiger partial charge >= 0.3 is 0 Å². The first-order chi connectivity index (χ1) is 17.5. The van der Waals surface area contributed by atoms with Crippen LogP contribution >= 0.6 is 23.2 Å². The van der Waals surface area contributed by atoms with Gasteiger partial charge in [0, 0.05) is 28.7 Å². The fourth-order valence-corrected chi connectivity index (χ4v) is 5.18. The van der Waals surface area contributed by atoms with Crippen LogP contribution in [0.15, 0.2) is 42.5 Å². The Morgan fingerprint density at radius 1 is 1.03 bits per heavy atom. The lowest BCUT2D eigenvalue weighted by molar-refractivity contribution is -0.140. The zero-order valence-corrected chi connectivity index (χ0v) is 24.0. The zero-order chi connectivity index (χ0) is 27.6. The SMILES string of the molecule is CCCCNC(=O)[C@@H](CC)N(Cc1c(Cl)cccc1Cl)C(=O)CN(c1ccccc1OCC)S(C)(=O)=O. The molecule has 2 amide bonds. The first-order valence-corrected chi connectivity index (χ1v) is 14.8. The number of para-hydroxylation sites is 2. The number of amides is 2. The monoisotopic (exact) mass is 571 g/mol. The molecule has 1 atom stereocenters. The van der Waals surface area contributed by atoms with Crippen molar-refractivity contribution in [3.63, 3.8) is 0 Å². The van der Waals surface area contributed by atoms with Crippen molar-refractivity contribution in [3.8, 4) is 5.75 Å². The number of nitrogens with zero attached hydrogens (tertiary/aromatic N) is 2. The van der Waals surface area contributed by atoms with E-state index in [9.17, 15) is 18.0 Å². The average molecular weight is 573 g/mol. The number of ether oxygens (including phenoxy) is 1. The third-order valence-corrected chi connectivity index (χ3v) is 7.55. The lowest BCUT2D eigenvalue weighted by atomic mass is 10.1. The summed E-state index contributed by atoms with van der Waals surface area (Å²) in [5, 5.41) is 3.56. The quantitative estimate of drug-likeness (QED) is 0.326. The highest BCUT2D eigenvalue weighted by Gasteiger charge is 2.33. The molecule has 0 spiro atoms. The molecule has 0 saturated heterocycles. The van der Waals surface area contributed by atoms with Crippen LogP contribution in [0.2, 0.25) is 10.0 Å². The number of anilines is 1. The van der Waals surface area contributed by atoms with E-state index in [1.54, 1.807) is 56.3 Å². The maximum atomic E-state index is 13.8. The second-order valence-corrected chi connectivity index (χ2v) is 11.2. The Morgan fingerprint density at radius 3 is 2.24 bits per heavy atom. The molecule has 204 valence electrons. The van der Waals surface area contributed by atoms with Crippen molar-refractivity contribution in [2.24, 2.45) is 0 Å². The number of sulfonamides is 1. The lowest BCUT2D eigenvalue weighted by Gasteiger charge is -2.33. The summed E-state index contributed by atoms with van der Waals surface area (Å²) >= 11 is 12.8. The largest absolute Gasteiger partial charge is 0.492 e. The second kappa shape index (κ2) is 14.4. The molecule has 2 aromatic carbocycles. The summed E-state index contributed by atoms with van der Waals surface area (Å²) in [6.07, 6.45) is 3.02. The molecule has 0 aliphatic heterocycles. The second-order valence-electron chi connectivity index (χ2n) is 8.46. The van der Waals surface area contributed by atoms with Crippen LogP contribution in [0, 0.1) is 0 Å². The number of carbonyl (C=O) groups is 2. The van der Waals surface area contributed by atoms with E-state index >= 15 is 0 Å². The predicted octanol–water partition coefficient (Wildman–Crippen LogP) is 4.88. The summed E-state index contributed by atoms with van der Waals surface area (Å²) in [5.74, 6) is -0.577. The van der Waals surface area contributed by atoms with Crippen LogP contribution in [-0.4, -0.2) is 57.1 Å². The van der Waals surface area contributed by atoms with Crippen LogP contribution in [0.3, 0.4) is 0 Å². The minimum absolute atomic E-state index is 0.0677. The summed E-state index contributed by atoms with van der Waals surface area (Å²) in [7, 11) is -3.89. The molecule has 0 saturated carbocycles. The normalized spacial score (nSPS) is 12.1. The Labute approximate surface area is 229 Å². The smallest absolute Gasteiger partial charge is 0.244 e. The third-order valence-electron chi connectivity index (χ3n) is 5.72. The summed E-state index contributed by atoms with van der Waals surface area (Å²) in [6, 6.07) is 10.7. The average Bonchev–Trinajstić information content (AvgIpc) is 2.84. The Bertz CT molecular complexity index is 1160. The first-order valence-electron chi connectivity index (χ1n) is 12.2. The molecule has 0 aliphatic carbocycles. The molecule has 2 rings (SSSR count). The van der Waals surface area contributed by atoms with Crippen molar-refractivity contribution >= 4 is 50.7 Å². The fourth-order valence-electron chi connectivity index (χ4n) is 3.81. The van der Waals surface area contributed by atoms with E-state index in [1.807, 2.05) is 6.92 Å². The van der Waals surface area contributed by atoms with E-state index in [4.69, 9.17) is 27.9 Å². The molecule has 0 radical (unpaired) electrons. The fraction of sp³-hybridized carbons (Fsp3) is 0.462. The molecule has 0 aliphatic rings. The molecule has 2 aromatic rings. The van der Waals surface area contributed by atoms with E-state index in [0.717, 1.165) is 23.4 Å². The van der Waals surface area contributed by atoms with Crippen molar-refractivity contribution in [1.29, 1.82) is 0 Å². The van der Waals surface area contributed by atoms with Gasteiger partial charge in [-0.1, -0.05) is 61.7 Å². The summed E-state index contributed by atoms with van der Waals surface area (Å²) in [4.78, 5) is 28.3. The van der Waals surface area contributed by atoms with Gasteiger partial charge in [-0.15, -0.1) is 0 Å². The van der Waals surface area contributed by atoms with E-state index in [0.29, 0.717) is 40.9 Å². The van der Waals surface area contributed by atoms with Crippen LogP contribution in [0.25, 0.3) is 0 Å². The molecule has 0 aromatic heterocycles. The molecule has 37 heavy (non-hydrogen) atoms. The molecular formula is C26H35Cl2N3O5S. The maximum Gasteiger partial charge on any atom is 0.244 e. The molecule has 0 unspecified atom stereocenters. The minimum Gasteiger partial charge on any atom is -0.492 e. The molecule has 0 heterocycles. The molecule has 1 N–H and O–H groups in total. The molecule has 8 nitrogen and oxygen atoms in total. The summed E-state index contributed by atoms with van der Waals surface area (Å²) < 4.78 is 32.3. The molecule has 0 bridgehead atoms. The summed E-state index contributed by atoms with van der Waals surface area (Å²) in [6.45, 7) is 5.76. The number of rotatable bonds is 14. The Balaban J connectivity index is 2.51. The van der Waals surface area contributed by atoms with Crippen molar-refractivity contribution in [2.45, 2.75) is 52.6 Å². The van der Waals surface area contributed by atoms with E-state index in [2.05, 4.69) is 5.32 Å². The van der Waals surface area contributed by atoms with Crippen LogP contribution in [0.1, 0.15) is 45.6 Å². The van der Waals surface area contributed by atoms with E-state index in [1.165, 1.54) is 4.90 Å². The van der Waals surface area contributed by atoms with Crippen LogP contribution in [-0.2, 0) is 26.2 Å². The number of carbonyl (C=O) groups excluding carboxylic acids is 2. The highest BCUT2D eigenvalue weighted by molar-refractivity contribution is 7.92. The lowest BCUT2D eigenvalue weighted by Crippen LogP contribution is -2.52. The number of benzene rings is 2. The van der Waals surface area contributed by atoms with Gasteiger partial charge in [0.25, 0.3) is 0 Å². The van der Waals surface area contributed by atoms with Crippen molar-refractivity contribution in [2.75, 3.05) is 30.3 Å². The van der Waals surface area contributed by atoms with Crippen LogP contribution < -0.4 is 14.4 Å². The minimum atomic E-state index is -3.89. The third kappa shape index (κ3) is 8.51. The first kappa shape index (κ1) is 30.7. The standard InChI is InChI=1S/C26H35Cl2N3O5S/c1-5-8-16-29-26(33)22(6-2)30(17-19-20(27)12-11-13-21(19)28)25(32)18-31(37(4,34)35)23-14-9-10-15-24(23)36-7-3/h9-15,22H,5-8,16-18H2,1-4H3,(H,29,33)/t22-/m1/s1. The number of halogens is 2. The summed E-state index contributed by atoms with van der Waals surface area (Å²) in [5.41, 5.74) is 0.705. The van der Waals surface area contributed by atoms with Gasteiger partial charge in [-0.2, -0.15) is 0 Å². The Morgan fingerprint density at radius 2 is 1.68 bits per heavy atom. The van der Waals surface area contributed by atoms with Crippen LogP contribution in [0.5, 0.6) is 5.75 Å². The van der Waals surface area contributed by atoms with Gasteiger partial charge in [-0.3, -0.25) is 13.9 Å². The van der Waals surface area contributed by atoms with Gasteiger partial charge in [0.1, 0.15) is 18.3 Å².